The zero-order valence-electron chi connectivity index (χ0n) is 26.2. The maximum atomic E-state index is 12.5. The fourth-order valence-electron chi connectivity index (χ4n) is 5.32. The first-order valence-electron chi connectivity index (χ1n) is 15.4. The molecule has 0 aliphatic carbocycles. The summed E-state index contributed by atoms with van der Waals surface area (Å²) >= 11 is 0. The third kappa shape index (κ3) is 8.42. The number of aromatic nitrogens is 3. The molecule has 0 aliphatic rings. The highest BCUT2D eigenvalue weighted by molar-refractivity contribution is 5.97. The first-order chi connectivity index (χ1) is 21.5. The molecule has 8 heteroatoms. The molecule has 0 radical (unpaired) electrons. The van der Waals surface area contributed by atoms with Gasteiger partial charge in [0.15, 0.2) is 0 Å². The number of hydrogen-bond donors (Lipinski definition) is 3. The number of pyridine rings is 1. The number of amides is 2. The Kier molecular flexibility index (Phi) is 9.74. The van der Waals surface area contributed by atoms with E-state index in [0.717, 1.165) is 46.3 Å². The monoisotopic (exact) mass is 603 g/mol. The number of hydrogen-bond acceptors (Lipinski definition) is 6. The minimum atomic E-state index is -0.852. The summed E-state index contributed by atoms with van der Waals surface area (Å²) in [7, 11) is 0. The molecule has 1 atom stereocenters. The number of rotatable bonds is 11. The van der Waals surface area contributed by atoms with Gasteiger partial charge in [-0.2, -0.15) is 5.10 Å². The average Bonchev–Trinajstić information content (AvgIpc) is 3.42. The first-order valence-corrected chi connectivity index (χ1v) is 15.4. The highest BCUT2D eigenvalue weighted by Gasteiger charge is 2.18. The Bertz CT molecular complexity index is 1770. The van der Waals surface area contributed by atoms with Crippen molar-refractivity contribution in [1.29, 1.82) is 0 Å². The zero-order valence-corrected chi connectivity index (χ0v) is 26.2. The lowest BCUT2D eigenvalue weighted by atomic mass is 9.87. The van der Waals surface area contributed by atoms with Gasteiger partial charge in [-0.15, -0.1) is 0 Å². The molecule has 8 nitrogen and oxygen atoms in total. The van der Waals surface area contributed by atoms with Crippen LogP contribution in [0.5, 0.6) is 5.75 Å². The van der Waals surface area contributed by atoms with E-state index in [2.05, 4.69) is 84.3 Å². The molecule has 232 valence electrons. The minimum absolute atomic E-state index is 0.0855. The van der Waals surface area contributed by atoms with E-state index in [1.165, 1.54) is 11.1 Å². The Morgan fingerprint density at radius 1 is 0.933 bits per heavy atom. The van der Waals surface area contributed by atoms with Crippen LogP contribution in [0.1, 0.15) is 62.4 Å². The van der Waals surface area contributed by atoms with Crippen LogP contribution in [-0.4, -0.2) is 37.7 Å². The van der Waals surface area contributed by atoms with E-state index < -0.39 is 11.9 Å². The molecule has 2 amide bonds. The number of nitrogens with one attached hydrogen (secondary N) is 1. The number of unbranched alkanes of at least 4 members (excludes halogenated alkanes) is 1. The Morgan fingerprint density at radius 3 is 2.40 bits per heavy atom. The summed E-state index contributed by atoms with van der Waals surface area (Å²) in [6, 6.07) is 26.7. The van der Waals surface area contributed by atoms with Crippen LogP contribution in [0.4, 0.5) is 0 Å². The van der Waals surface area contributed by atoms with Crippen molar-refractivity contribution in [2.24, 2.45) is 5.73 Å². The third-order valence-corrected chi connectivity index (χ3v) is 7.99. The van der Waals surface area contributed by atoms with Crippen molar-refractivity contribution in [3.63, 3.8) is 0 Å². The van der Waals surface area contributed by atoms with E-state index in [1.807, 2.05) is 12.1 Å². The van der Waals surface area contributed by atoms with Gasteiger partial charge in [-0.1, -0.05) is 69.3 Å². The van der Waals surface area contributed by atoms with Crippen LogP contribution in [-0.2, 0) is 34.4 Å². The highest BCUT2D eigenvalue weighted by Crippen LogP contribution is 2.26. The van der Waals surface area contributed by atoms with Crippen LogP contribution in [0.25, 0.3) is 22.2 Å². The SMILES string of the molecule is CC(C)(C)c1ccc(Cn2nc(-c3ccc4ncccc4c3)cc2CCCCC(=O)NC(=O)[C@@H](N)Cc2ccc(O)cc2)cc1. The summed E-state index contributed by atoms with van der Waals surface area (Å²) in [4.78, 5) is 29.4. The van der Waals surface area contributed by atoms with E-state index in [4.69, 9.17) is 10.8 Å². The van der Waals surface area contributed by atoms with Gasteiger partial charge in [0.1, 0.15) is 5.75 Å². The van der Waals surface area contributed by atoms with Crippen molar-refractivity contribution >= 4 is 22.7 Å². The topological polar surface area (TPSA) is 123 Å². The number of carbonyl (C=O) groups excluding carboxylic acids is 2. The normalized spacial score (nSPS) is 12.3. The van der Waals surface area contributed by atoms with E-state index in [0.29, 0.717) is 13.0 Å². The summed E-state index contributed by atoms with van der Waals surface area (Å²) in [5.41, 5.74) is 13.3. The van der Waals surface area contributed by atoms with Gasteiger partial charge in [0, 0.05) is 29.3 Å². The number of nitrogens with zero attached hydrogens (tertiary/aromatic N) is 3. The molecule has 0 saturated heterocycles. The van der Waals surface area contributed by atoms with Gasteiger partial charge in [0.05, 0.1) is 23.8 Å². The fourth-order valence-corrected chi connectivity index (χ4v) is 5.32. The third-order valence-electron chi connectivity index (χ3n) is 7.99. The van der Waals surface area contributed by atoms with Gasteiger partial charge in [-0.05, 0) is 84.2 Å². The van der Waals surface area contributed by atoms with E-state index in [9.17, 15) is 14.7 Å². The van der Waals surface area contributed by atoms with Crippen LogP contribution in [0, 0.1) is 0 Å². The van der Waals surface area contributed by atoms with E-state index in [1.54, 1.807) is 30.5 Å². The summed E-state index contributed by atoms with van der Waals surface area (Å²) < 4.78 is 2.06. The molecule has 2 heterocycles. The first kappa shape index (κ1) is 31.6. The lowest BCUT2D eigenvalue weighted by molar-refractivity contribution is -0.131. The zero-order chi connectivity index (χ0) is 32.0. The number of carbonyl (C=O) groups is 2. The second kappa shape index (κ2) is 13.9. The molecule has 5 rings (SSSR count). The molecule has 45 heavy (non-hydrogen) atoms. The Labute approximate surface area is 264 Å². The van der Waals surface area contributed by atoms with Gasteiger partial charge in [0.2, 0.25) is 11.8 Å². The summed E-state index contributed by atoms with van der Waals surface area (Å²) in [6.07, 6.45) is 4.42. The number of imide groups is 1. The molecule has 0 saturated carbocycles. The van der Waals surface area contributed by atoms with E-state index in [-0.39, 0.29) is 29.9 Å². The van der Waals surface area contributed by atoms with Gasteiger partial charge < -0.3 is 10.8 Å². The molecule has 0 fully saturated rings. The number of aromatic hydroxyl groups is 1. The quantitative estimate of drug-likeness (QED) is 0.157. The summed E-state index contributed by atoms with van der Waals surface area (Å²) in [5.74, 6) is -0.690. The molecule has 5 aromatic rings. The van der Waals surface area contributed by atoms with Gasteiger partial charge >= 0.3 is 0 Å². The van der Waals surface area contributed by atoms with Crippen molar-refractivity contribution < 1.29 is 14.7 Å². The van der Waals surface area contributed by atoms with Crippen LogP contribution >= 0.6 is 0 Å². The molecular formula is C37H41N5O3. The second-order valence-electron chi connectivity index (χ2n) is 12.6. The molecule has 0 spiro atoms. The molecule has 4 N–H and O–H groups in total. The van der Waals surface area contributed by atoms with Crippen LogP contribution in [0.15, 0.2) is 91.1 Å². The van der Waals surface area contributed by atoms with Crippen molar-refractivity contribution in [3.8, 4) is 17.0 Å². The van der Waals surface area contributed by atoms with Crippen molar-refractivity contribution in [1.82, 2.24) is 20.1 Å². The number of fused-ring (bicyclic) bond motifs is 1. The lowest BCUT2D eigenvalue weighted by Crippen LogP contribution is -2.44. The lowest BCUT2D eigenvalue weighted by Gasteiger charge is -2.19. The standard InChI is InChI=1S/C37H41N5O3/c1-37(2,3)29-15-10-26(11-16-29)24-42-30(23-34(41-42)28-14-19-33-27(22-28)7-6-20-39-33)8-4-5-9-35(44)40-36(45)32(38)21-25-12-17-31(43)18-13-25/h6-7,10-20,22-23,32,43H,4-5,8-9,21,24,38H2,1-3H3,(H,40,44,45)/t32-/m0/s1. The minimum Gasteiger partial charge on any atom is -0.508 e. The summed E-state index contributed by atoms with van der Waals surface area (Å²) in [5, 5.41) is 17.9. The van der Waals surface area contributed by atoms with Crippen molar-refractivity contribution in [2.45, 2.75) is 70.9 Å². The number of phenols is 1. The number of benzene rings is 3. The van der Waals surface area contributed by atoms with Crippen molar-refractivity contribution in [3.05, 3.63) is 114 Å². The van der Waals surface area contributed by atoms with E-state index >= 15 is 0 Å². The number of nitrogens with two attached hydrogens (primary N) is 1. The average molecular weight is 604 g/mol. The Hall–Kier alpha value is -4.82. The van der Waals surface area contributed by atoms with Gasteiger partial charge in [-0.3, -0.25) is 24.6 Å². The molecule has 3 aromatic carbocycles. The highest BCUT2D eigenvalue weighted by atomic mass is 16.3. The summed E-state index contributed by atoms with van der Waals surface area (Å²) in [6.45, 7) is 7.27. The van der Waals surface area contributed by atoms with Crippen LogP contribution in [0.2, 0.25) is 0 Å². The molecule has 0 bridgehead atoms. The Morgan fingerprint density at radius 2 is 1.67 bits per heavy atom. The molecule has 0 aliphatic heterocycles. The van der Waals surface area contributed by atoms with Crippen molar-refractivity contribution in [2.75, 3.05) is 0 Å². The largest absolute Gasteiger partial charge is 0.508 e. The maximum absolute atomic E-state index is 12.5. The maximum Gasteiger partial charge on any atom is 0.243 e. The molecule has 0 unspecified atom stereocenters. The predicted molar refractivity (Wildman–Crippen MR) is 178 cm³/mol. The predicted octanol–water partition coefficient (Wildman–Crippen LogP) is 6.08. The smallest absolute Gasteiger partial charge is 0.243 e. The molecule has 2 aromatic heterocycles. The Balaban J connectivity index is 1.22. The van der Waals surface area contributed by atoms with Gasteiger partial charge in [0.25, 0.3) is 0 Å². The number of phenolic OH excluding ortho intramolecular Hbond substituents is 1. The van der Waals surface area contributed by atoms with Crippen LogP contribution in [0.3, 0.4) is 0 Å². The van der Waals surface area contributed by atoms with Crippen LogP contribution < -0.4 is 11.1 Å². The fraction of sp³-hybridized carbons (Fsp3) is 0.297. The molecular weight excluding hydrogens is 562 g/mol. The second-order valence-corrected chi connectivity index (χ2v) is 12.6. The van der Waals surface area contributed by atoms with Gasteiger partial charge in [-0.25, -0.2) is 0 Å². The number of aryl methyl sites for hydroxylation is 1.